The zero-order valence-electron chi connectivity index (χ0n) is 24.4. The van der Waals surface area contributed by atoms with Crippen LogP contribution in [0.25, 0.3) is 0 Å². The van der Waals surface area contributed by atoms with Crippen molar-refractivity contribution in [1.29, 1.82) is 0 Å². The molecular weight excluding hydrogens is 542 g/mol. The molecule has 1 aliphatic carbocycles. The summed E-state index contributed by atoms with van der Waals surface area (Å²) in [4.78, 5) is 63.3. The Morgan fingerprint density at radius 3 is 2.37 bits per heavy atom. The number of hydrogen-bond acceptors (Lipinski definition) is 7. The second-order valence-electron chi connectivity index (χ2n) is 10.9. The summed E-state index contributed by atoms with van der Waals surface area (Å²) in [7, 11) is 0. The summed E-state index contributed by atoms with van der Waals surface area (Å²) >= 11 is 1.27. The number of carbonyl (C=O) groups excluding carboxylic acids is 5. The van der Waals surface area contributed by atoms with Crippen molar-refractivity contribution >= 4 is 40.6 Å². The van der Waals surface area contributed by atoms with Crippen molar-refractivity contribution < 1.29 is 28.7 Å². The Bertz CT molecular complexity index is 1040. The van der Waals surface area contributed by atoms with Gasteiger partial charge in [0, 0.05) is 36.1 Å². The molecule has 226 valence electrons. The molecule has 0 radical (unpaired) electrons. The van der Waals surface area contributed by atoms with E-state index in [0.29, 0.717) is 12.8 Å². The first-order chi connectivity index (χ1) is 19.6. The van der Waals surface area contributed by atoms with Gasteiger partial charge in [-0.05, 0) is 50.5 Å². The Morgan fingerprint density at radius 2 is 1.76 bits per heavy atom. The standard InChI is InChI=1S/C31H45N3O6S/c1-4-40-29(37)17-15-24(14-16-28(32)36)33-30(38)23(19-22-10-6-5-7-11-22)20-27(35)26(18-21(2)3)34-31(39)41-25-12-8-9-13-25/h5-7,10-11,15,17,21,23-26H,4,8-9,12-14,16,18-20H2,1-3H3,(H2,32,36)(H,33,38)(H,34,39)/b17-15+/t23-,24+,26+/m1/s1. The maximum atomic E-state index is 13.6. The normalized spacial score (nSPS) is 15.8. The number of primary amides is 1. The SMILES string of the molecule is CCOC(=O)/C=C/[C@H](CCC(N)=O)NC(=O)[C@@H](CC(=O)[C@H](CC(C)C)NC(=O)SC1CCCC1)Cc1ccccc1. The summed E-state index contributed by atoms with van der Waals surface area (Å²) in [5.74, 6) is -2.26. The second-order valence-corrected chi connectivity index (χ2v) is 12.2. The minimum absolute atomic E-state index is 0.00154. The van der Waals surface area contributed by atoms with E-state index in [2.05, 4.69) is 10.6 Å². The lowest BCUT2D eigenvalue weighted by Crippen LogP contribution is -2.44. The van der Waals surface area contributed by atoms with E-state index in [1.165, 1.54) is 23.9 Å². The number of ketones is 1. The fraction of sp³-hybridized carbons (Fsp3) is 0.581. The fourth-order valence-electron chi connectivity index (χ4n) is 4.82. The smallest absolute Gasteiger partial charge is 0.330 e. The van der Waals surface area contributed by atoms with Crippen molar-refractivity contribution in [3.8, 4) is 0 Å². The van der Waals surface area contributed by atoms with Crippen molar-refractivity contribution in [2.24, 2.45) is 17.6 Å². The summed E-state index contributed by atoms with van der Waals surface area (Å²) < 4.78 is 4.92. The topological polar surface area (TPSA) is 145 Å². The number of esters is 1. The highest BCUT2D eigenvalue weighted by atomic mass is 32.2. The van der Waals surface area contributed by atoms with E-state index in [4.69, 9.17) is 10.5 Å². The van der Waals surface area contributed by atoms with E-state index >= 15 is 0 Å². The van der Waals surface area contributed by atoms with Gasteiger partial charge in [0.1, 0.15) is 0 Å². The van der Waals surface area contributed by atoms with Crippen molar-refractivity contribution in [3.63, 3.8) is 0 Å². The van der Waals surface area contributed by atoms with Crippen molar-refractivity contribution in [3.05, 3.63) is 48.0 Å². The number of carbonyl (C=O) groups is 5. The first kappa shape index (κ1) is 34.1. The van der Waals surface area contributed by atoms with Crippen LogP contribution in [0.3, 0.4) is 0 Å². The molecule has 0 heterocycles. The number of nitrogens with two attached hydrogens (primary N) is 1. The van der Waals surface area contributed by atoms with E-state index in [-0.39, 0.29) is 54.0 Å². The average molecular weight is 588 g/mol. The molecule has 1 aromatic rings. The number of benzene rings is 1. The van der Waals surface area contributed by atoms with Crippen LogP contribution in [0.15, 0.2) is 42.5 Å². The van der Waals surface area contributed by atoms with Gasteiger partial charge in [-0.15, -0.1) is 0 Å². The molecule has 4 N–H and O–H groups in total. The van der Waals surface area contributed by atoms with Crippen LogP contribution in [0.1, 0.15) is 77.7 Å². The monoisotopic (exact) mass is 587 g/mol. The number of Topliss-reactive ketones (excluding diaryl/α,β-unsaturated/α-hetero) is 1. The Labute approximate surface area is 247 Å². The molecule has 1 saturated carbocycles. The third-order valence-electron chi connectivity index (χ3n) is 6.89. The maximum absolute atomic E-state index is 13.6. The minimum Gasteiger partial charge on any atom is -0.463 e. The van der Waals surface area contributed by atoms with Gasteiger partial charge in [-0.25, -0.2) is 4.79 Å². The Kier molecular flexibility index (Phi) is 15.2. The largest absolute Gasteiger partial charge is 0.463 e. The van der Waals surface area contributed by atoms with Crippen LogP contribution in [-0.2, 0) is 30.3 Å². The molecule has 10 heteroatoms. The third-order valence-corrected chi connectivity index (χ3v) is 8.02. The lowest BCUT2D eigenvalue weighted by atomic mass is 9.89. The first-order valence-electron chi connectivity index (χ1n) is 14.5. The highest BCUT2D eigenvalue weighted by Gasteiger charge is 2.30. The van der Waals surface area contributed by atoms with Crippen LogP contribution in [0.4, 0.5) is 4.79 Å². The van der Waals surface area contributed by atoms with Crippen molar-refractivity contribution in [1.82, 2.24) is 10.6 Å². The van der Waals surface area contributed by atoms with Gasteiger partial charge in [0.25, 0.3) is 5.24 Å². The molecular formula is C31H45N3O6S. The van der Waals surface area contributed by atoms with Crippen molar-refractivity contribution in [2.45, 2.75) is 95.9 Å². The first-order valence-corrected chi connectivity index (χ1v) is 15.4. The Hall–Kier alpha value is -3.14. The summed E-state index contributed by atoms with van der Waals surface area (Å²) in [6, 6.07) is 8.03. The molecule has 41 heavy (non-hydrogen) atoms. The van der Waals surface area contributed by atoms with Gasteiger partial charge in [-0.1, -0.05) is 74.9 Å². The number of ether oxygens (including phenoxy) is 1. The molecule has 0 saturated heterocycles. The van der Waals surface area contributed by atoms with Gasteiger partial charge in [0.05, 0.1) is 12.6 Å². The highest BCUT2D eigenvalue weighted by molar-refractivity contribution is 8.14. The lowest BCUT2D eigenvalue weighted by Gasteiger charge is -2.24. The molecule has 2 rings (SSSR count). The molecule has 9 nitrogen and oxygen atoms in total. The predicted octanol–water partition coefficient (Wildman–Crippen LogP) is 4.47. The molecule has 1 fully saturated rings. The van der Waals surface area contributed by atoms with Crippen molar-refractivity contribution in [2.75, 3.05) is 6.61 Å². The maximum Gasteiger partial charge on any atom is 0.330 e. The van der Waals surface area contributed by atoms with E-state index in [0.717, 1.165) is 31.2 Å². The van der Waals surface area contributed by atoms with E-state index in [9.17, 15) is 24.0 Å². The average Bonchev–Trinajstić information content (AvgIpc) is 3.42. The molecule has 1 aliphatic rings. The van der Waals surface area contributed by atoms with Gasteiger partial charge in [-0.2, -0.15) is 0 Å². The molecule has 0 aromatic heterocycles. The molecule has 0 aliphatic heterocycles. The molecule has 0 bridgehead atoms. The number of hydrogen-bond donors (Lipinski definition) is 3. The van der Waals surface area contributed by atoms with Gasteiger partial charge in [0.2, 0.25) is 11.8 Å². The zero-order chi connectivity index (χ0) is 30.2. The number of nitrogens with one attached hydrogen (secondary N) is 2. The van der Waals surface area contributed by atoms with Crippen LogP contribution in [0.2, 0.25) is 0 Å². The number of amides is 3. The van der Waals surface area contributed by atoms with Crippen LogP contribution in [-0.4, -0.2) is 52.7 Å². The Balaban J connectivity index is 2.20. The predicted molar refractivity (Wildman–Crippen MR) is 161 cm³/mol. The Morgan fingerprint density at radius 1 is 1.07 bits per heavy atom. The van der Waals surface area contributed by atoms with Gasteiger partial charge in [0.15, 0.2) is 5.78 Å². The summed E-state index contributed by atoms with van der Waals surface area (Å²) in [5.41, 5.74) is 6.21. The fourth-order valence-corrected chi connectivity index (χ4v) is 5.90. The van der Waals surface area contributed by atoms with E-state index in [1.54, 1.807) is 6.92 Å². The van der Waals surface area contributed by atoms with Gasteiger partial charge >= 0.3 is 5.97 Å². The molecule has 3 atom stereocenters. The molecule has 1 aromatic carbocycles. The van der Waals surface area contributed by atoms with Gasteiger partial charge in [-0.3, -0.25) is 19.2 Å². The lowest BCUT2D eigenvalue weighted by molar-refractivity contribution is -0.137. The van der Waals surface area contributed by atoms with E-state index < -0.39 is 29.9 Å². The summed E-state index contributed by atoms with van der Waals surface area (Å²) in [6.07, 6.45) is 7.82. The summed E-state index contributed by atoms with van der Waals surface area (Å²) in [5, 5.41) is 5.89. The van der Waals surface area contributed by atoms with Gasteiger partial charge < -0.3 is 21.1 Å². The quantitative estimate of drug-likeness (QED) is 0.180. The zero-order valence-corrected chi connectivity index (χ0v) is 25.3. The van der Waals surface area contributed by atoms with Crippen LogP contribution in [0.5, 0.6) is 0 Å². The number of rotatable bonds is 17. The minimum atomic E-state index is -0.731. The molecule has 0 spiro atoms. The van der Waals surface area contributed by atoms with Crippen LogP contribution >= 0.6 is 11.8 Å². The van der Waals surface area contributed by atoms with E-state index in [1.807, 2.05) is 44.2 Å². The number of thioether (sulfide) groups is 1. The van der Waals surface area contributed by atoms with Crippen LogP contribution in [0, 0.1) is 11.8 Å². The molecule has 3 amide bonds. The highest BCUT2D eigenvalue weighted by Crippen LogP contribution is 2.30. The third kappa shape index (κ3) is 13.9. The van der Waals surface area contributed by atoms with Crippen LogP contribution < -0.4 is 16.4 Å². The molecule has 0 unspecified atom stereocenters. The second kappa shape index (κ2) is 18.3. The summed E-state index contributed by atoms with van der Waals surface area (Å²) in [6.45, 7) is 5.87.